The molecule has 0 saturated carbocycles. The van der Waals surface area contributed by atoms with Gasteiger partial charge in [-0.05, 0) is 37.3 Å². The molecule has 1 saturated heterocycles. The number of fused-ring (bicyclic) bond motifs is 1. The van der Waals surface area contributed by atoms with Crippen LogP contribution in [0.5, 0.6) is 0 Å². The first kappa shape index (κ1) is 22.5. The lowest BCUT2D eigenvalue weighted by Gasteiger charge is -2.32. The second-order valence-corrected chi connectivity index (χ2v) is 7.99. The second kappa shape index (κ2) is 11.2. The van der Waals surface area contributed by atoms with Gasteiger partial charge in [0.25, 0.3) is 6.43 Å². The minimum absolute atomic E-state index is 0.142. The number of piperidine rings is 1. The van der Waals surface area contributed by atoms with Gasteiger partial charge in [-0.1, -0.05) is 24.3 Å². The molecule has 1 aromatic rings. The molecule has 0 aromatic heterocycles. The Hall–Kier alpha value is -2.22. The van der Waals surface area contributed by atoms with Gasteiger partial charge in [-0.25, -0.2) is 8.78 Å². The van der Waals surface area contributed by atoms with Gasteiger partial charge in [0.1, 0.15) is 0 Å². The van der Waals surface area contributed by atoms with Crippen molar-refractivity contribution >= 4 is 11.9 Å². The number of hydrogen-bond acceptors (Lipinski definition) is 3. The number of guanidine groups is 1. The maximum atomic E-state index is 12.5. The van der Waals surface area contributed by atoms with Crippen molar-refractivity contribution in [2.75, 3.05) is 32.7 Å². The zero-order valence-corrected chi connectivity index (χ0v) is 17.7. The van der Waals surface area contributed by atoms with Crippen LogP contribution < -0.4 is 10.6 Å². The molecule has 0 bridgehead atoms. The Labute approximate surface area is 177 Å². The van der Waals surface area contributed by atoms with Gasteiger partial charge >= 0.3 is 0 Å². The van der Waals surface area contributed by atoms with Crippen molar-refractivity contribution in [2.45, 2.75) is 58.2 Å². The van der Waals surface area contributed by atoms with Gasteiger partial charge in [0, 0.05) is 51.7 Å². The normalized spacial score (nSPS) is 18.0. The lowest BCUT2D eigenvalue weighted by atomic mass is 10.1. The first-order valence-electron chi connectivity index (χ1n) is 10.9. The third-order valence-electron chi connectivity index (χ3n) is 5.68. The number of amides is 1. The lowest BCUT2D eigenvalue weighted by Crippen LogP contribution is -2.49. The van der Waals surface area contributed by atoms with E-state index in [1.165, 1.54) is 11.1 Å². The second-order valence-electron chi connectivity index (χ2n) is 7.99. The van der Waals surface area contributed by atoms with Crippen molar-refractivity contribution in [1.29, 1.82) is 0 Å². The van der Waals surface area contributed by atoms with Crippen molar-refractivity contribution in [3.05, 3.63) is 35.4 Å². The van der Waals surface area contributed by atoms with Crippen molar-refractivity contribution < 1.29 is 13.6 Å². The number of aliphatic imine (C=N–C) groups is 1. The van der Waals surface area contributed by atoms with E-state index in [-0.39, 0.29) is 18.5 Å². The molecule has 166 valence electrons. The zero-order valence-electron chi connectivity index (χ0n) is 17.7. The SMILES string of the molecule is CCNC(=NCCCC(=O)N1Cc2ccccc2C1)NC1CCN(CC(F)F)CC1. The molecule has 2 N–H and O–H groups in total. The number of carbonyl (C=O) groups excluding carboxylic acids is 1. The van der Waals surface area contributed by atoms with E-state index < -0.39 is 6.43 Å². The predicted octanol–water partition coefficient (Wildman–Crippen LogP) is 2.59. The van der Waals surface area contributed by atoms with E-state index in [0.717, 1.165) is 25.3 Å². The molecule has 1 amide bonds. The summed E-state index contributed by atoms with van der Waals surface area (Å²) in [7, 11) is 0. The molecule has 0 radical (unpaired) electrons. The van der Waals surface area contributed by atoms with E-state index in [4.69, 9.17) is 0 Å². The van der Waals surface area contributed by atoms with Crippen LogP contribution in [0, 0.1) is 0 Å². The van der Waals surface area contributed by atoms with E-state index in [9.17, 15) is 13.6 Å². The number of likely N-dealkylation sites (tertiary alicyclic amines) is 1. The number of rotatable bonds is 8. The molecule has 1 fully saturated rings. The van der Waals surface area contributed by atoms with Gasteiger partial charge in [-0.3, -0.25) is 14.7 Å². The quantitative estimate of drug-likeness (QED) is 0.385. The van der Waals surface area contributed by atoms with Gasteiger partial charge in [-0.15, -0.1) is 0 Å². The molecule has 0 spiro atoms. The maximum absolute atomic E-state index is 12.5. The number of nitrogens with zero attached hydrogens (tertiary/aromatic N) is 3. The van der Waals surface area contributed by atoms with Gasteiger partial charge in [-0.2, -0.15) is 0 Å². The van der Waals surface area contributed by atoms with Crippen LogP contribution in [0.4, 0.5) is 8.78 Å². The van der Waals surface area contributed by atoms with Crippen molar-refractivity contribution in [3.8, 4) is 0 Å². The molecule has 0 atom stereocenters. The highest BCUT2D eigenvalue weighted by Gasteiger charge is 2.23. The summed E-state index contributed by atoms with van der Waals surface area (Å²) in [5.74, 6) is 0.914. The summed E-state index contributed by atoms with van der Waals surface area (Å²) in [6, 6.07) is 8.43. The summed E-state index contributed by atoms with van der Waals surface area (Å²) < 4.78 is 25.0. The fourth-order valence-corrected chi connectivity index (χ4v) is 4.06. The summed E-state index contributed by atoms with van der Waals surface area (Å²) >= 11 is 0. The fraction of sp³-hybridized carbons (Fsp3) is 0.636. The zero-order chi connectivity index (χ0) is 21.3. The average molecular weight is 422 g/mol. The van der Waals surface area contributed by atoms with Gasteiger partial charge in [0.15, 0.2) is 5.96 Å². The molecule has 0 aliphatic carbocycles. The van der Waals surface area contributed by atoms with E-state index in [0.29, 0.717) is 45.6 Å². The first-order valence-corrected chi connectivity index (χ1v) is 10.9. The van der Waals surface area contributed by atoms with Crippen molar-refractivity contribution in [2.24, 2.45) is 4.99 Å². The molecule has 0 unspecified atom stereocenters. The number of halogens is 2. The average Bonchev–Trinajstić information content (AvgIpc) is 3.16. The highest BCUT2D eigenvalue weighted by molar-refractivity contribution is 5.80. The van der Waals surface area contributed by atoms with Crippen LogP contribution in [0.25, 0.3) is 0 Å². The number of benzene rings is 1. The first-order chi connectivity index (χ1) is 14.5. The van der Waals surface area contributed by atoms with Gasteiger partial charge in [0.05, 0.1) is 6.54 Å². The minimum Gasteiger partial charge on any atom is -0.357 e. The third-order valence-corrected chi connectivity index (χ3v) is 5.68. The predicted molar refractivity (Wildman–Crippen MR) is 115 cm³/mol. The van der Waals surface area contributed by atoms with Crippen molar-refractivity contribution in [1.82, 2.24) is 20.4 Å². The summed E-state index contributed by atoms with van der Waals surface area (Å²) in [5.41, 5.74) is 2.48. The van der Waals surface area contributed by atoms with Crippen LogP contribution in [-0.4, -0.2) is 66.9 Å². The Kier molecular flexibility index (Phi) is 8.42. The Morgan fingerprint density at radius 2 is 1.87 bits per heavy atom. The standard InChI is InChI=1S/C22H33F2N5O/c1-2-25-22(27-19-9-12-28(13-10-19)16-20(23)24)26-11-5-8-21(30)29-14-17-6-3-4-7-18(17)15-29/h3-4,6-7,19-20H,2,5,8-16H2,1H3,(H2,25,26,27). The van der Waals surface area contributed by atoms with Crippen LogP contribution >= 0.6 is 0 Å². The van der Waals surface area contributed by atoms with E-state index in [2.05, 4.69) is 27.8 Å². The monoisotopic (exact) mass is 421 g/mol. The summed E-state index contributed by atoms with van der Waals surface area (Å²) in [6.45, 7) is 5.95. The number of hydrogen-bond donors (Lipinski definition) is 2. The molecule has 1 aromatic carbocycles. The molecule has 6 nitrogen and oxygen atoms in total. The van der Waals surface area contributed by atoms with E-state index in [1.807, 2.05) is 28.9 Å². The summed E-state index contributed by atoms with van der Waals surface area (Å²) in [5, 5.41) is 6.65. The lowest BCUT2D eigenvalue weighted by molar-refractivity contribution is -0.131. The minimum atomic E-state index is -2.27. The van der Waals surface area contributed by atoms with Gasteiger partial charge in [0.2, 0.25) is 5.91 Å². The Morgan fingerprint density at radius 3 is 2.47 bits per heavy atom. The fourth-order valence-electron chi connectivity index (χ4n) is 4.06. The third kappa shape index (κ3) is 6.65. The van der Waals surface area contributed by atoms with E-state index >= 15 is 0 Å². The molecule has 2 aliphatic rings. The molecule has 2 aliphatic heterocycles. The Morgan fingerprint density at radius 1 is 1.20 bits per heavy atom. The van der Waals surface area contributed by atoms with Crippen LogP contribution in [0.1, 0.15) is 43.7 Å². The maximum Gasteiger partial charge on any atom is 0.251 e. The number of nitrogens with one attached hydrogen (secondary N) is 2. The van der Waals surface area contributed by atoms with Crippen LogP contribution in [0.3, 0.4) is 0 Å². The summed E-state index contributed by atoms with van der Waals surface area (Å²) in [4.78, 5) is 20.8. The molecule has 3 rings (SSSR count). The smallest absolute Gasteiger partial charge is 0.251 e. The number of carbonyl (C=O) groups is 1. The highest BCUT2D eigenvalue weighted by Crippen LogP contribution is 2.22. The molecule has 30 heavy (non-hydrogen) atoms. The van der Waals surface area contributed by atoms with Crippen LogP contribution in [0.15, 0.2) is 29.3 Å². The highest BCUT2D eigenvalue weighted by atomic mass is 19.3. The van der Waals surface area contributed by atoms with Crippen LogP contribution in [-0.2, 0) is 17.9 Å². The Balaban J connectivity index is 1.38. The van der Waals surface area contributed by atoms with Gasteiger partial charge < -0.3 is 15.5 Å². The molecular weight excluding hydrogens is 388 g/mol. The topological polar surface area (TPSA) is 60.0 Å². The van der Waals surface area contributed by atoms with Crippen molar-refractivity contribution in [3.63, 3.8) is 0 Å². The molecule has 2 heterocycles. The van der Waals surface area contributed by atoms with Crippen LogP contribution in [0.2, 0.25) is 0 Å². The number of alkyl halides is 2. The molecule has 8 heteroatoms. The Bertz CT molecular complexity index is 694. The van der Waals surface area contributed by atoms with E-state index in [1.54, 1.807) is 0 Å². The largest absolute Gasteiger partial charge is 0.357 e. The summed E-state index contributed by atoms with van der Waals surface area (Å²) in [6.07, 6.45) is 0.569. The molecular formula is C22H33F2N5O.